The van der Waals surface area contributed by atoms with Crippen LogP contribution in [0.1, 0.15) is 41.7 Å². The van der Waals surface area contributed by atoms with Crippen LogP contribution >= 0.6 is 0 Å². The zero-order chi connectivity index (χ0) is 18.8. The number of ether oxygens (including phenoxy) is 1. The molecule has 4 rings (SSSR count). The summed E-state index contributed by atoms with van der Waals surface area (Å²) in [5, 5.41) is 19.1. The van der Waals surface area contributed by atoms with Gasteiger partial charge in [-0.25, -0.2) is 0 Å². The van der Waals surface area contributed by atoms with E-state index >= 15 is 0 Å². The van der Waals surface area contributed by atoms with E-state index in [2.05, 4.69) is 21.6 Å². The Balaban J connectivity index is 1.33. The van der Waals surface area contributed by atoms with Crippen LogP contribution in [0.25, 0.3) is 11.3 Å². The van der Waals surface area contributed by atoms with Gasteiger partial charge in [-0.2, -0.15) is 5.10 Å². The average molecular weight is 369 g/mol. The maximum Gasteiger partial charge on any atom is 0.306 e. The fraction of sp³-hybridized carbons (Fsp3) is 0.450. The number of carboxylic acid groups (broad SMARTS) is 1. The number of hydrogen-bond donors (Lipinski definition) is 3. The van der Waals surface area contributed by atoms with Gasteiger partial charge in [0, 0.05) is 18.5 Å². The molecule has 1 aromatic heterocycles. The smallest absolute Gasteiger partial charge is 0.306 e. The molecule has 0 spiro atoms. The van der Waals surface area contributed by atoms with E-state index in [0.29, 0.717) is 37.6 Å². The number of carboxylic acids is 1. The van der Waals surface area contributed by atoms with Crippen LogP contribution in [0.2, 0.25) is 0 Å². The molecule has 7 nitrogen and oxygen atoms in total. The summed E-state index contributed by atoms with van der Waals surface area (Å²) in [6.07, 6.45) is 3.94. The van der Waals surface area contributed by atoms with Gasteiger partial charge < -0.3 is 15.2 Å². The first kappa shape index (κ1) is 17.6. The van der Waals surface area contributed by atoms with E-state index in [9.17, 15) is 9.59 Å². The molecule has 0 radical (unpaired) electrons. The van der Waals surface area contributed by atoms with Crippen molar-refractivity contribution in [2.75, 3.05) is 13.2 Å². The second-order valence-electron chi connectivity index (χ2n) is 7.35. The third-order valence-electron chi connectivity index (χ3n) is 5.55. The molecule has 1 aromatic carbocycles. The monoisotopic (exact) mass is 369 g/mol. The lowest BCUT2D eigenvalue weighted by molar-refractivity contribution is -0.143. The first-order valence-electron chi connectivity index (χ1n) is 9.42. The number of amides is 1. The summed E-state index contributed by atoms with van der Waals surface area (Å²) in [5.41, 5.74) is 3.29. The van der Waals surface area contributed by atoms with Gasteiger partial charge in [-0.05, 0) is 61.4 Å². The van der Waals surface area contributed by atoms with Gasteiger partial charge in [0.25, 0.3) is 5.91 Å². The molecule has 1 aliphatic carbocycles. The quantitative estimate of drug-likeness (QED) is 0.751. The minimum Gasteiger partial charge on any atom is -0.493 e. The first-order chi connectivity index (χ1) is 13.1. The summed E-state index contributed by atoms with van der Waals surface area (Å²) in [5.74, 6) is 0.137. The standard InChI is InChI=1S/C20H23N3O4/c24-19(21-11-12-1-3-13(4-2-12)20(25)26)17-10-16(22-23-17)14-5-6-18-15(9-14)7-8-27-18/h5-6,9-10,12-13H,1-4,7-8,11H2,(H,21,24)(H,22,23)(H,25,26). The molecule has 1 amide bonds. The molecule has 3 N–H and O–H groups in total. The summed E-state index contributed by atoms with van der Waals surface area (Å²) < 4.78 is 5.52. The van der Waals surface area contributed by atoms with E-state index in [4.69, 9.17) is 9.84 Å². The molecule has 27 heavy (non-hydrogen) atoms. The Morgan fingerprint density at radius 2 is 2.04 bits per heavy atom. The number of hydrogen-bond acceptors (Lipinski definition) is 4. The number of nitrogens with zero attached hydrogens (tertiary/aromatic N) is 1. The van der Waals surface area contributed by atoms with Gasteiger partial charge in [0.2, 0.25) is 0 Å². The fourth-order valence-electron chi connectivity index (χ4n) is 3.88. The zero-order valence-electron chi connectivity index (χ0n) is 15.0. The molecule has 1 aliphatic heterocycles. The molecule has 142 valence electrons. The maximum atomic E-state index is 12.4. The highest BCUT2D eigenvalue weighted by molar-refractivity contribution is 5.93. The van der Waals surface area contributed by atoms with Crippen molar-refractivity contribution in [3.63, 3.8) is 0 Å². The maximum absolute atomic E-state index is 12.4. The predicted molar refractivity (Wildman–Crippen MR) is 98.6 cm³/mol. The molecule has 0 bridgehead atoms. The molecular weight excluding hydrogens is 346 g/mol. The van der Waals surface area contributed by atoms with Crippen LogP contribution < -0.4 is 10.1 Å². The number of nitrogens with one attached hydrogen (secondary N) is 2. The van der Waals surface area contributed by atoms with Crippen LogP contribution in [0.4, 0.5) is 0 Å². The third kappa shape index (κ3) is 3.82. The van der Waals surface area contributed by atoms with Gasteiger partial charge in [-0.3, -0.25) is 14.7 Å². The Morgan fingerprint density at radius 3 is 2.81 bits per heavy atom. The highest BCUT2D eigenvalue weighted by Crippen LogP contribution is 2.30. The van der Waals surface area contributed by atoms with E-state index in [-0.39, 0.29) is 11.8 Å². The van der Waals surface area contributed by atoms with E-state index in [0.717, 1.165) is 36.3 Å². The largest absolute Gasteiger partial charge is 0.493 e. The van der Waals surface area contributed by atoms with E-state index in [1.54, 1.807) is 6.07 Å². The van der Waals surface area contributed by atoms with Gasteiger partial charge in [0.15, 0.2) is 0 Å². The van der Waals surface area contributed by atoms with Gasteiger partial charge in [-0.15, -0.1) is 0 Å². The van der Waals surface area contributed by atoms with Gasteiger partial charge >= 0.3 is 5.97 Å². The number of benzene rings is 1. The molecule has 2 heterocycles. The topological polar surface area (TPSA) is 104 Å². The third-order valence-corrected chi connectivity index (χ3v) is 5.55. The van der Waals surface area contributed by atoms with Crippen molar-refractivity contribution in [3.8, 4) is 17.0 Å². The number of carbonyl (C=O) groups excluding carboxylic acids is 1. The summed E-state index contributed by atoms with van der Waals surface area (Å²) in [6, 6.07) is 7.71. The van der Waals surface area contributed by atoms with Crippen molar-refractivity contribution in [3.05, 3.63) is 35.5 Å². The first-order valence-corrected chi connectivity index (χ1v) is 9.42. The second kappa shape index (κ2) is 7.42. The molecule has 0 atom stereocenters. The number of aromatic nitrogens is 2. The molecule has 0 saturated heterocycles. The molecule has 1 saturated carbocycles. The normalized spacial score (nSPS) is 21.3. The van der Waals surface area contributed by atoms with Gasteiger partial charge in [-0.1, -0.05) is 0 Å². The molecule has 2 aliphatic rings. The predicted octanol–water partition coefficient (Wildman–Crippen LogP) is 2.63. The van der Waals surface area contributed by atoms with Crippen LogP contribution in [-0.4, -0.2) is 40.3 Å². The van der Waals surface area contributed by atoms with Crippen LogP contribution in [-0.2, 0) is 11.2 Å². The average Bonchev–Trinajstić information content (AvgIpc) is 3.35. The molecule has 2 aromatic rings. The molecular formula is C20H23N3O4. The highest BCUT2D eigenvalue weighted by Gasteiger charge is 2.26. The Morgan fingerprint density at radius 1 is 1.22 bits per heavy atom. The second-order valence-corrected chi connectivity index (χ2v) is 7.35. The number of fused-ring (bicyclic) bond motifs is 1. The summed E-state index contributed by atoms with van der Waals surface area (Å²) >= 11 is 0. The molecule has 1 fully saturated rings. The Kier molecular flexibility index (Phi) is 4.83. The summed E-state index contributed by atoms with van der Waals surface area (Å²) in [4.78, 5) is 23.4. The summed E-state index contributed by atoms with van der Waals surface area (Å²) in [7, 11) is 0. The van der Waals surface area contributed by atoms with E-state index in [1.807, 2.05) is 12.1 Å². The van der Waals surface area contributed by atoms with Crippen LogP contribution in [0, 0.1) is 11.8 Å². The van der Waals surface area contributed by atoms with E-state index < -0.39 is 5.97 Å². The number of aromatic amines is 1. The van der Waals surface area contributed by atoms with Crippen molar-refractivity contribution >= 4 is 11.9 Å². The number of aliphatic carboxylic acids is 1. The summed E-state index contributed by atoms with van der Waals surface area (Å²) in [6.45, 7) is 1.27. The van der Waals surface area contributed by atoms with Crippen molar-refractivity contribution in [2.24, 2.45) is 11.8 Å². The van der Waals surface area contributed by atoms with Crippen molar-refractivity contribution < 1.29 is 19.4 Å². The van der Waals surface area contributed by atoms with E-state index in [1.165, 1.54) is 5.56 Å². The molecule has 0 unspecified atom stereocenters. The van der Waals surface area contributed by atoms with Crippen LogP contribution in [0.3, 0.4) is 0 Å². The minimum absolute atomic E-state index is 0.182. The fourth-order valence-corrected chi connectivity index (χ4v) is 3.88. The van der Waals surface area contributed by atoms with Gasteiger partial charge in [0.05, 0.1) is 18.2 Å². The lowest BCUT2D eigenvalue weighted by Crippen LogP contribution is -2.32. The van der Waals surface area contributed by atoms with Crippen LogP contribution in [0.15, 0.2) is 24.3 Å². The Bertz CT molecular complexity index is 853. The lowest BCUT2D eigenvalue weighted by Gasteiger charge is -2.26. The van der Waals surface area contributed by atoms with Crippen LogP contribution in [0.5, 0.6) is 5.75 Å². The number of rotatable bonds is 5. The van der Waals surface area contributed by atoms with Crippen molar-refractivity contribution in [2.45, 2.75) is 32.1 Å². The Labute approximate surface area is 157 Å². The van der Waals surface area contributed by atoms with Crippen molar-refractivity contribution in [1.82, 2.24) is 15.5 Å². The Hall–Kier alpha value is -2.83. The number of H-pyrrole nitrogens is 1. The lowest BCUT2D eigenvalue weighted by atomic mass is 9.82. The molecule has 7 heteroatoms. The highest BCUT2D eigenvalue weighted by atomic mass is 16.5. The van der Waals surface area contributed by atoms with Gasteiger partial charge in [0.1, 0.15) is 11.4 Å². The number of carbonyl (C=O) groups is 2. The minimum atomic E-state index is -0.708. The SMILES string of the molecule is O=C(NCC1CCC(C(=O)O)CC1)c1cc(-c2ccc3c(c2)CCO3)n[nH]1. The van der Waals surface area contributed by atoms with Crippen molar-refractivity contribution in [1.29, 1.82) is 0 Å². The zero-order valence-corrected chi connectivity index (χ0v) is 15.0.